The SMILES string of the molecule is Cc1cn(-c2ccc(C)c(Cl)c2)c(NC2CCCCC2)n1. The number of aromatic nitrogens is 2. The van der Waals surface area contributed by atoms with E-state index in [9.17, 15) is 0 Å². The fourth-order valence-corrected chi connectivity index (χ4v) is 3.13. The minimum absolute atomic E-state index is 0.542. The highest BCUT2D eigenvalue weighted by molar-refractivity contribution is 6.31. The standard InChI is InChI=1S/C17H22ClN3/c1-12-8-9-15(10-16(12)18)21-11-13(2)19-17(21)20-14-6-4-3-5-7-14/h8-11,14H,3-7H2,1-2H3,(H,19,20). The van der Waals surface area contributed by atoms with E-state index in [2.05, 4.69) is 33.2 Å². The summed E-state index contributed by atoms with van der Waals surface area (Å²) in [5.41, 5.74) is 3.17. The van der Waals surface area contributed by atoms with Crippen molar-refractivity contribution in [1.82, 2.24) is 9.55 Å². The van der Waals surface area contributed by atoms with E-state index in [1.807, 2.05) is 19.9 Å². The first kappa shape index (κ1) is 14.5. The molecule has 1 N–H and O–H groups in total. The van der Waals surface area contributed by atoms with E-state index in [1.54, 1.807) is 0 Å². The van der Waals surface area contributed by atoms with Gasteiger partial charge in [-0.25, -0.2) is 4.98 Å². The Kier molecular flexibility index (Phi) is 4.20. The topological polar surface area (TPSA) is 29.9 Å². The van der Waals surface area contributed by atoms with Crippen molar-refractivity contribution in [2.24, 2.45) is 0 Å². The van der Waals surface area contributed by atoms with Crippen LogP contribution in [0.15, 0.2) is 24.4 Å². The van der Waals surface area contributed by atoms with Gasteiger partial charge in [0.05, 0.1) is 5.69 Å². The second-order valence-corrected chi connectivity index (χ2v) is 6.40. The van der Waals surface area contributed by atoms with Crippen LogP contribution in [0.3, 0.4) is 0 Å². The van der Waals surface area contributed by atoms with Crippen LogP contribution in [0.1, 0.15) is 43.4 Å². The minimum atomic E-state index is 0.542. The molecule has 3 nitrogen and oxygen atoms in total. The van der Waals surface area contributed by atoms with Crippen molar-refractivity contribution in [2.45, 2.75) is 52.0 Å². The van der Waals surface area contributed by atoms with Gasteiger partial charge >= 0.3 is 0 Å². The number of anilines is 1. The fourth-order valence-electron chi connectivity index (χ4n) is 2.96. The molecule has 1 fully saturated rings. The van der Waals surface area contributed by atoms with Gasteiger partial charge in [0.15, 0.2) is 0 Å². The minimum Gasteiger partial charge on any atom is -0.353 e. The summed E-state index contributed by atoms with van der Waals surface area (Å²) in [6.45, 7) is 4.05. The molecule has 0 bridgehead atoms. The van der Waals surface area contributed by atoms with Gasteiger partial charge in [0.1, 0.15) is 0 Å². The van der Waals surface area contributed by atoms with Crippen molar-refractivity contribution in [3.8, 4) is 5.69 Å². The fraction of sp³-hybridized carbons (Fsp3) is 0.471. The van der Waals surface area contributed by atoms with Crippen molar-refractivity contribution < 1.29 is 0 Å². The number of nitrogens with one attached hydrogen (secondary N) is 1. The third-order valence-electron chi connectivity index (χ3n) is 4.20. The van der Waals surface area contributed by atoms with Crippen molar-refractivity contribution in [3.05, 3.63) is 40.7 Å². The highest BCUT2D eigenvalue weighted by Gasteiger charge is 2.16. The first-order valence-corrected chi connectivity index (χ1v) is 8.10. The molecule has 3 rings (SSSR count). The van der Waals surface area contributed by atoms with Gasteiger partial charge in [-0.2, -0.15) is 0 Å². The molecule has 0 amide bonds. The zero-order chi connectivity index (χ0) is 14.8. The van der Waals surface area contributed by atoms with Crippen LogP contribution in [-0.2, 0) is 0 Å². The highest BCUT2D eigenvalue weighted by Crippen LogP contribution is 2.25. The Morgan fingerprint density at radius 2 is 1.95 bits per heavy atom. The summed E-state index contributed by atoms with van der Waals surface area (Å²) < 4.78 is 2.11. The van der Waals surface area contributed by atoms with Gasteiger partial charge in [-0.05, 0) is 44.4 Å². The van der Waals surface area contributed by atoms with Crippen LogP contribution in [0.4, 0.5) is 5.95 Å². The van der Waals surface area contributed by atoms with Crippen LogP contribution in [0.25, 0.3) is 5.69 Å². The van der Waals surface area contributed by atoms with Crippen LogP contribution >= 0.6 is 11.6 Å². The largest absolute Gasteiger partial charge is 0.353 e. The molecule has 0 saturated heterocycles. The van der Waals surface area contributed by atoms with Crippen LogP contribution in [0.2, 0.25) is 5.02 Å². The van der Waals surface area contributed by atoms with E-state index < -0.39 is 0 Å². The molecule has 1 aromatic heterocycles. The van der Waals surface area contributed by atoms with E-state index >= 15 is 0 Å². The summed E-state index contributed by atoms with van der Waals surface area (Å²) in [6.07, 6.45) is 8.52. The Bertz CT molecular complexity index is 627. The lowest BCUT2D eigenvalue weighted by atomic mass is 9.96. The van der Waals surface area contributed by atoms with E-state index in [0.717, 1.165) is 27.9 Å². The van der Waals surface area contributed by atoms with Crippen molar-refractivity contribution >= 4 is 17.5 Å². The quantitative estimate of drug-likeness (QED) is 0.875. The number of hydrogen-bond acceptors (Lipinski definition) is 2. The van der Waals surface area contributed by atoms with Gasteiger partial charge in [-0.3, -0.25) is 4.57 Å². The molecule has 2 aromatic rings. The number of rotatable bonds is 3. The number of halogens is 1. The van der Waals surface area contributed by atoms with E-state index in [0.29, 0.717) is 6.04 Å². The number of aryl methyl sites for hydroxylation is 2. The molecule has 0 spiro atoms. The second-order valence-electron chi connectivity index (χ2n) is 5.99. The van der Waals surface area contributed by atoms with Gasteiger partial charge in [-0.15, -0.1) is 0 Å². The molecule has 1 aromatic carbocycles. The zero-order valence-corrected chi connectivity index (χ0v) is 13.5. The third kappa shape index (κ3) is 3.24. The van der Waals surface area contributed by atoms with Gasteiger partial charge in [-0.1, -0.05) is 36.9 Å². The maximum absolute atomic E-state index is 6.26. The lowest BCUT2D eigenvalue weighted by molar-refractivity contribution is 0.460. The molecule has 0 aliphatic heterocycles. The van der Waals surface area contributed by atoms with E-state index in [-0.39, 0.29) is 0 Å². The Balaban J connectivity index is 1.89. The third-order valence-corrected chi connectivity index (χ3v) is 4.61. The molecule has 1 heterocycles. The molecule has 0 atom stereocenters. The molecule has 1 aliphatic carbocycles. The predicted molar refractivity (Wildman–Crippen MR) is 88.5 cm³/mol. The number of benzene rings is 1. The van der Waals surface area contributed by atoms with Gasteiger partial charge in [0.25, 0.3) is 0 Å². The second kappa shape index (κ2) is 6.10. The van der Waals surface area contributed by atoms with Crippen LogP contribution < -0.4 is 5.32 Å². The summed E-state index contributed by atoms with van der Waals surface area (Å²) in [4.78, 5) is 4.64. The predicted octanol–water partition coefficient (Wildman–Crippen LogP) is 4.89. The molecule has 1 saturated carbocycles. The molecule has 0 unspecified atom stereocenters. The van der Waals surface area contributed by atoms with Crippen molar-refractivity contribution in [2.75, 3.05) is 5.32 Å². The van der Waals surface area contributed by atoms with Crippen LogP contribution in [0, 0.1) is 13.8 Å². The molecule has 1 aliphatic rings. The maximum Gasteiger partial charge on any atom is 0.207 e. The van der Waals surface area contributed by atoms with Gasteiger partial charge < -0.3 is 5.32 Å². The molecule has 21 heavy (non-hydrogen) atoms. The highest BCUT2D eigenvalue weighted by atomic mass is 35.5. The Labute approximate surface area is 131 Å². The summed E-state index contributed by atoms with van der Waals surface area (Å²) in [5.74, 6) is 0.930. The Morgan fingerprint density at radius 3 is 2.67 bits per heavy atom. The monoisotopic (exact) mass is 303 g/mol. The smallest absolute Gasteiger partial charge is 0.207 e. The summed E-state index contributed by atoms with van der Waals surface area (Å²) >= 11 is 6.26. The van der Waals surface area contributed by atoms with Crippen LogP contribution in [0.5, 0.6) is 0 Å². The summed E-state index contributed by atoms with van der Waals surface area (Å²) in [6, 6.07) is 6.69. The molecule has 4 heteroatoms. The number of nitrogens with zero attached hydrogens (tertiary/aromatic N) is 2. The average molecular weight is 304 g/mol. The Hall–Kier alpha value is -1.48. The molecular formula is C17H22ClN3. The Morgan fingerprint density at radius 1 is 1.19 bits per heavy atom. The lowest BCUT2D eigenvalue weighted by Gasteiger charge is -2.23. The first-order chi connectivity index (χ1) is 10.1. The summed E-state index contributed by atoms with van der Waals surface area (Å²) in [7, 11) is 0. The molecule has 0 radical (unpaired) electrons. The van der Waals surface area contributed by atoms with E-state index in [1.165, 1.54) is 32.1 Å². The maximum atomic E-state index is 6.26. The molecule has 112 valence electrons. The normalized spacial score (nSPS) is 16.1. The van der Waals surface area contributed by atoms with Gasteiger partial charge in [0, 0.05) is 22.9 Å². The zero-order valence-electron chi connectivity index (χ0n) is 12.7. The van der Waals surface area contributed by atoms with Crippen molar-refractivity contribution in [3.63, 3.8) is 0 Å². The molecular weight excluding hydrogens is 282 g/mol. The number of imidazole rings is 1. The summed E-state index contributed by atoms with van der Waals surface area (Å²) in [5, 5.41) is 4.41. The average Bonchev–Trinajstić information content (AvgIpc) is 2.84. The lowest BCUT2D eigenvalue weighted by Crippen LogP contribution is -2.24. The number of hydrogen-bond donors (Lipinski definition) is 1. The van der Waals surface area contributed by atoms with Gasteiger partial charge in [0.2, 0.25) is 5.95 Å². The van der Waals surface area contributed by atoms with Crippen molar-refractivity contribution in [1.29, 1.82) is 0 Å². The van der Waals surface area contributed by atoms with Crippen LogP contribution in [-0.4, -0.2) is 15.6 Å². The first-order valence-electron chi connectivity index (χ1n) is 7.72. The van der Waals surface area contributed by atoms with E-state index in [4.69, 9.17) is 11.6 Å².